The molecule has 10 nitrogen and oxygen atoms in total. The van der Waals surface area contributed by atoms with Crippen molar-refractivity contribution in [3.05, 3.63) is 59.8 Å². The summed E-state index contributed by atoms with van der Waals surface area (Å²) in [6, 6.07) is 9.72. The zero-order chi connectivity index (χ0) is 26.3. The van der Waals surface area contributed by atoms with E-state index in [2.05, 4.69) is 30.3 Å². The lowest BCUT2D eigenvalue weighted by Crippen LogP contribution is -2.45. The van der Waals surface area contributed by atoms with Crippen LogP contribution in [0.25, 0.3) is 11.2 Å². The zero-order valence-electron chi connectivity index (χ0n) is 21.1. The molecule has 1 aromatic carbocycles. The van der Waals surface area contributed by atoms with E-state index in [-0.39, 0.29) is 18.3 Å². The van der Waals surface area contributed by atoms with Crippen molar-refractivity contribution in [1.82, 2.24) is 25.1 Å². The van der Waals surface area contributed by atoms with Gasteiger partial charge in [0.25, 0.3) is 0 Å². The Morgan fingerprint density at radius 1 is 1.13 bits per heavy atom. The number of benzene rings is 1. The molecule has 0 spiro atoms. The molecule has 1 saturated heterocycles. The number of piperidine rings is 1. The van der Waals surface area contributed by atoms with Crippen molar-refractivity contribution in [2.24, 2.45) is 5.41 Å². The maximum Gasteiger partial charge on any atom is 0.230 e. The molecule has 3 N–H and O–H groups in total. The molecule has 2 aliphatic rings. The fourth-order valence-electron chi connectivity index (χ4n) is 5.27. The van der Waals surface area contributed by atoms with Crippen LogP contribution in [-0.2, 0) is 17.8 Å². The van der Waals surface area contributed by atoms with Crippen molar-refractivity contribution in [3.63, 3.8) is 0 Å². The first-order valence-electron chi connectivity index (χ1n) is 12.8. The summed E-state index contributed by atoms with van der Waals surface area (Å²) >= 11 is 0. The van der Waals surface area contributed by atoms with Crippen molar-refractivity contribution in [1.29, 1.82) is 0 Å². The maximum absolute atomic E-state index is 13.2. The largest absolute Gasteiger partial charge is 0.390 e. The number of anilines is 4. The van der Waals surface area contributed by atoms with E-state index in [9.17, 15) is 14.3 Å². The van der Waals surface area contributed by atoms with Gasteiger partial charge >= 0.3 is 0 Å². The molecule has 0 atom stereocenters. The van der Waals surface area contributed by atoms with Crippen molar-refractivity contribution in [2.75, 3.05) is 34.8 Å². The molecular weight excluding hydrogens is 487 g/mol. The molecule has 1 amide bonds. The standard InChI is InChI=1S/C27H29FN8O2/c1-27(26(38)30-18-8-6-17(28)7-9-18)10-14-35(15-11-27)24-20(16-37)31-22-23(32-24)33-34-25(22)36-13-3-4-19-21(36)5-2-12-29-19/h2,5-9,12,37H,3-4,10-11,13-16H2,1H3,(H,30,38)(H,32,33,34). The molecule has 38 heavy (non-hydrogen) atoms. The fraction of sp³-hybridized carbons (Fsp3) is 0.370. The second-order valence-corrected chi connectivity index (χ2v) is 10.1. The summed E-state index contributed by atoms with van der Waals surface area (Å²) in [4.78, 5) is 31.3. The molecule has 196 valence electrons. The number of aromatic nitrogens is 5. The molecular formula is C27H29FN8O2. The summed E-state index contributed by atoms with van der Waals surface area (Å²) in [5.74, 6) is 0.827. The first-order chi connectivity index (χ1) is 18.4. The van der Waals surface area contributed by atoms with Gasteiger partial charge in [0.2, 0.25) is 5.91 Å². The summed E-state index contributed by atoms with van der Waals surface area (Å²) in [5, 5.41) is 20.7. The Morgan fingerprint density at radius 2 is 1.92 bits per heavy atom. The minimum absolute atomic E-state index is 0.0952. The lowest BCUT2D eigenvalue weighted by molar-refractivity contribution is -0.125. The van der Waals surface area contributed by atoms with Crippen LogP contribution in [0.1, 0.15) is 37.6 Å². The molecule has 2 aliphatic heterocycles. The highest BCUT2D eigenvalue weighted by Gasteiger charge is 2.38. The number of aromatic amines is 1. The highest BCUT2D eigenvalue weighted by molar-refractivity contribution is 5.95. The van der Waals surface area contributed by atoms with E-state index in [0.717, 1.165) is 30.8 Å². The Hall–Kier alpha value is -4.12. The highest BCUT2D eigenvalue weighted by atomic mass is 19.1. The predicted molar refractivity (Wildman–Crippen MR) is 142 cm³/mol. The Morgan fingerprint density at radius 3 is 2.68 bits per heavy atom. The molecule has 3 aromatic heterocycles. The number of hydrogen-bond donors (Lipinski definition) is 3. The number of rotatable bonds is 5. The minimum atomic E-state index is -0.585. The average Bonchev–Trinajstić information content (AvgIpc) is 3.36. The number of aryl methyl sites for hydroxylation is 1. The second-order valence-electron chi connectivity index (χ2n) is 10.1. The third-order valence-corrected chi connectivity index (χ3v) is 7.60. The topological polar surface area (TPSA) is 123 Å². The third-order valence-electron chi connectivity index (χ3n) is 7.60. The third kappa shape index (κ3) is 4.32. The van der Waals surface area contributed by atoms with Gasteiger partial charge in [0, 0.05) is 31.5 Å². The quantitative estimate of drug-likeness (QED) is 0.367. The van der Waals surface area contributed by atoms with Crippen LogP contribution in [0.15, 0.2) is 42.6 Å². The molecule has 5 heterocycles. The van der Waals surface area contributed by atoms with Gasteiger partial charge in [-0.1, -0.05) is 6.92 Å². The zero-order valence-corrected chi connectivity index (χ0v) is 21.1. The van der Waals surface area contributed by atoms with Gasteiger partial charge in [-0.2, -0.15) is 5.10 Å². The molecule has 0 radical (unpaired) electrons. The van der Waals surface area contributed by atoms with E-state index in [4.69, 9.17) is 9.97 Å². The maximum atomic E-state index is 13.2. The van der Waals surface area contributed by atoms with Crippen LogP contribution in [-0.4, -0.2) is 55.8 Å². The number of carbonyl (C=O) groups is 1. The molecule has 1 fully saturated rings. The van der Waals surface area contributed by atoms with E-state index in [1.54, 1.807) is 18.3 Å². The number of aliphatic hydroxyl groups excluding tert-OH is 1. The van der Waals surface area contributed by atoms with Gasteiger partial charge in [0.05, 0.1) is 23.4 Å². The van der Waals surface area contributed by atoms with Gasteiger partial charge in [-0.25, -0.2) is 14.4 Å². The van der Waals surface area contributed by atoms with E-state index < -0.39 is 5.41 Å². The molecule has 11 heteroatoms. The van der Waals surface area contributed by atoms with Gasteiger partial charge in [-0.3, -0.25) is 14.9 Å². The number of amides is 1. The summed E-state index contributed by atoms with van der Waals surface area (Å²) < 4.78 is 13.2. The van der Waals surface area contributed by atoms with Crippen LogP contribution < -0.4 is 15.1 Å². The number of nitrogens with zero attached hydrogens (tertiary/aromatic N) is 6. The number of aliphatic hydroxyl groups is 1. The second kappa shape index (κ2) is 9.64. The normalized spacial score (nSPS) is 16.9. The van der Waals surface area contributed by atoms with Crippen molar-refractivity contribution in [2.45, 2.75) is 39.2 Å². The Bertz CT molecular complexity index is 1480. The summed E-state index contributed by atoms with van der Waals surface area (Å²) in [6.07, 6.45) is 4.87. The van der Waals surface area contributed by atoms with Crippen molar-refractivity contribution < 1.29 is 14.3 Å². The number of carbonyl (C=O) groups excluding carboxylic acids is 1. The predicted octanol–water partition coefficient (Wildman–Crippen LogP) is 3.71. The van der Waals surface area contributed by atoms with Crippen LogP contribution in [0.5, 0.6) is 0 Å². The lowest BCUT2D eigenvalue weighted by atomic mass is 9.79. The van der Waals surface area contributed by atoms with Gasteiger partial charge in [0.15, 0.2) is 22.8 Å². The molecule has 4 aromatic rings. The molecule has 0 aliphatic carbocycles. The summed E-state index contributed by atoms with van der Waals surface area (Å²) in [5.41, 5.74) is 3.66. The number of fused-ring (bicyclic) bond motifs is 2. The fourth-order valence-corrected chi connectivity index (χ4v) is 5.27. The number of pyridine rings is 1. The molecule has 0 bridgehead atoms. The lowest BCUT2D eigenvalue weighted by Gasteiger charge is -2.39. The first-order valence-corrected chi connectivity index (χ1v) is 12.8. The van der Waals surface area contributed by atoms with Crippen molar-refractivity contribution >= 4 is 40.1 Å². The average molecular weight is 517 g/mol. The Labute approximate surface area is 218 Å². The minimum Gasteiger partial charge on any atom is -0.390 e. The van der Waals surface area contributed by atoms with Crippen LogP contribution in [0.2, 0.25) is 0 Å². The highest BCUT2D eigenvalue weighted by Crippen LogP contribution is 2.37. The number of halogens is 1. The Kier molecular flexibility index (Phi) is 6.15. The number of hydrogen-bond acceptors (Lipinski definition) is 8. The van der Waals surface area contributed by atoms with E-state index in [0.29, 0.717) is 60.1 Å². The van der Waals surface area contributed by atoms with Crippen LogP contribution >= 0.6 is 0 Å². The van der Waals surface area contributed by atoms with E-state index in [1.165, 1.54) is 12.1 Å². The van der Waals surface area contributed by atoms with E-state index in [1.807, 2.05) is 19.1 Å². The molecule has 6 rings (SSSR count). The smallest absolute Gasteiger partial charge is 0.230 e. The Balaban J connectivity index is 1.22. The van der Waals surface area contributed by atoms with Crippen LogP contribution in [0.4, 0.5) is 27.4 Å². The summed E-state index contributed by atoms with van der Waals surface area (Å²) in [6.45, 7) is 3.62. The first kappa shape index (κ1) is 24.2. The van der Waals surface area contributed by atoms with Crippen molar-refractivity contribution in [3.8, 4) is 0 Å². The molecule has 0 unspecified atom stereocenters. The van der Waals surface area contributed by atoms with Crippen LogP contribution in [0.3, 0.4) is 0 Å². The molecule has 0 saturated carbocycles. The van der Waals surface area contributed by atoms with E-state index >= 15 is 0 Å². The number of nitrogens with one attached hydrogen (secondary N) is 2. The summed E-state index contributed by atoms with van der Waals surface area (Å²) in [7, 11) is 0. The number of H-pyrrole nitrogens is 1. The van der Waals surface area contributed by atoms with Gasteiger partial charge < -0.3 is 20.2 Å². The van der Waals surface area contributed by atoms with Gasteiger partial charge in [-0.05, 0) is 62.1 Å². The van der Waals surface area contributed by atoms with Gasteiger partial charge in [0.1, 0.15) is 11.5 Å². The SMILES string of the molecule is CC1(C(=O)Nc2ccc(F)cc2)CCN(c2nc3[nH]nc(N4CCCc5ncccc54)c3nc2CO)CC1. The van der Waals surface area contributed by atoms with Gasteiger partial charge in [-0.15, -0.1) is 0 Å². The van der Waals surface area contributed by atoms with Crippen LogP contribution in [0, 0.1) is 11.2 Å². The monoisotopic (exact) mass is 516 g/mol.